The first-order chi connectivity index (χ1) is 10.8. The summed E-state index contributed by atoms with van der Waals surface area (Å²) in [6.45, 7) is 2.53. The van der Waals surface area contributed by atoms with Crippen LogP contribution in [-0.4, -0.2) is 12.6 Å². The third kappa shape index (κ3) is 2.96. The zero-order valence-electron chi connectivity index (χ0n) is 12.2. The first kappa shape index (κ1) is 14.2. The van der Waals surface area contributed by atoms with Crippen molar-refractivity contribution in [3.05, 3.63) is 65.9 Å². The minimum absolute atomic E-state index is 0.188. The van der Waals surface area contributed by atoms with Gasteiger partial charge in [0.2, 0.25) is 5.76 Å². The summed E-state index contributed by atoms with van der Waals surface area (Å²) in [7, 11) is 0. The third-order valence-corrected chi connectivity index (χ3v) is 3.24. The maximum atomic E-state index is 11.7. The summed E-state index contributed by atoms with van der Waals surface area (Å²) in [5, 5.41) is 0.765. The second-order valence-corrected chi connectivity index (χ2v) is 4.77. The fraction of sp³-hybridized carbons (Fsp3) is 0.167. The molecule has 4 heteroatoms. The Morgan fingerprint density at radius 1 is 1.09 bits per heavy atom. The highest BCUT2D eigenvalue weighted by molar-refractivity contribution is 5.94. The van der Waals surface area contributed by atoms with Crippen LogP contribution in [-0.2, 0) is 11.3 Å². The molecule has 0 aliphatic rings. The maximum absolute atomic E-state index is 11.7. The van der Waals surface area contributed by atoms with Crippen LogP contribution in [0.4, 0.5) is 0 Å². The highest BCUT2D eigenvalue weighted by Crippen LogP contribution is 2.29. The molecule has 112 valence electrons. The number of carbonyl (C=O) groups is 1. The van der Waals surface area contributed by atoms with Crippen LogP contribution >= 0.6 is 0 Å². The van der Waals surface area contributed by atoms with Gasteiger partial charge in [-0.2, -0.15) is 0 Å². The Kier molecular flexibility index (Phi) is 4.10. The number of furan rings is 1. The van der Waals surface area contributed by atoms with Crippen LogP contribution in [0.25, 0.3) is 11.0 Å². The normalized spacial score (nSPS) is 10.6. The number of hydrogen-bond donors (Lipinski definition) is 0. The van der Waals surface area contributed by atoms with E-state index in [0.717, 1.165) is 10.9 Å². The molecule has 0 fully saturated rings. The molecule has 3 aromatic rings. The molecular weight excluding hydrogens is 280 g/mol. The van der Waals surface area contributed by atoms with Gasteiger partial charge >= 0.3 is 5.97 Å². The van der Waals surface area contributed by atoms with Crippen molar-refractivity contribution in [2.45, 2.75) is 13.5 Å². The van der Waals surface area contributed by atoms with Crippen LogP contribution in [0.3, 0.4) is 0 Å². The minimum Gasteiger partial charge on any atom is -0.488 e. The van der Waals surface area contributed by atoms with Crippen molar-refractivity contribution < 1.29 is 18.7 Å². The number of hydrogen-bond acceptors (Lipinski definition) is 4. The summed E-state index contributed by atoms with van der Waals surface area (Å²) in [6, 6.07) is 17.1. The zero-order valence-corrected chi connectivity index (χ0v) is 12.2. The van der Waals surface area contributed by atoms with Crippen molar-refractivity contribution >= 4 is 16.9 Å². The van der Waals surface area contributed by atoms with E-state index in [2.05, 4.69) is 0 Å². The van der Waals surface area contributed by atoms with Crippen molar-refractivity contribution in [2.24, 2.45) is 0 Å². The van der Waals surface area contributed by atoms with Gasteiger partial charge in [0.05, 0.1) is 12.0 Å². The Bertz CT molecular complexity index is 774. The summed E-state index contributed by atoms with van der Waals surface area (Å²) in [4.78, 5) is 11.7. The summed E-state index contributed by atoms with van der Waals surface area (Å²) < 4.78 is 16.3. The van der Waals surface area contributed by atoms with E-state index in [0.29, 0.717) is 24.5 Å². The number of benzene rings is 2. The molecule has 0 bridgehead atoms. The molecule has 22 heavy (non-hydrogen) atoms. The van der Waals surface area contributed by atoms with Crippen LogP contribution in [0.1, 0.15) is 23.0 Å². The molecule has 0 saturated carbocycles. The Morgan fingerprint density at radius 2 is 1.91 bits per heavy atom. The van der Waals surface area contributed by atoms with Gasteiger partial charge in [0.15, 0.2) is 0 Å². The molecule has 3 rings (SSSR count). The van der Waals surface area contributed by atoms with Crippen LogP contribution in [0.15, 0.2) is 59.0 Å². The molecule has 4 nitrogen and oxygen atoms in total. The van der Waals surface area contributed by atoms with Gasteiger partial charge in [-0.15, -0.1) is 0 Å². The number of esters is 1. The monoisotopic (exact) mass is 296 g/mol. The van der Waals surface area contributed by atoms with Crippen LogP contribution < -0.4 is 4.74 Å². The summed E-state index contributed by atoms with van der Waals surface area (Å²) in [5.74, 6) is 0.404. The zero-order chi connectivity index (χ0) is 15.4. The summed E-state index contributed by atoms with van der Waals surface area (Å²) >= 11 is 0. The van der Waals surface area contributed by atoms with E-state index < -0.39 is 5.97 Å². The van der Waals surface area contributed by atoms with E-state index in [1.165, 1.54) is 0 Å². The summed E-state index contributed by atoms with van der Waals surface area (Å²) in [5.41, 5.74) is 1.68. The molecule has 1 aromatic heterocycles. The minimum atomic E-state index is -0.465. The van der Waals surface area contributed by atoms with E-state index in [1.807, 2.05) is 42.5 Å². The van der Waals surface area contributed by atoms with Crippen molar-refractivity contribution in [3.63, 3.8) is 0 Å². The summed E-state index contributed by atoms with van der Waals surface area (Å²) in [6.07, 6.45) is 0. The van der Waals surface area contributed by atoms with Gasteiger partial charge in [-0.05, 0) is 24.6 Å². The molecular formula is C18H16O4. The smallest absolute Gasteiger partial charge is 0.374 e. The lowest BCUT2D eigenvalue weighted by Crippen LogP contribution is -2.02. The topological polar surface area (TPSA) is 48.7 Å². The molecule has 0 unspecified atom stereocenters. The highest BCUT2D eigenvalue weighted by Gasteiger charge is 2.15. The molecule has 0 aliphatic heterocycles. The molecule has 0 aliphatic carbocycles. The average Bonchev–Trinajstić information content (AvgIpc) is 2.99. The van der Waals surface area contributed by atoms with Gasteiger partial charge in [-0.1, -0.05) is 36.4 Å². The third-order valence-electron chi connectivity index (χ3n) is 3.24. The average molecular weight is 296 g/mol. The van der Waals surface area contributed by atoms with Crippen LogP contribution in [0.5, 0.6) is 5.75 Å². The van der Waals surface area contributed by atoms with Gasteiger partial charge in [0, 0.05) is 6.07 Å². The molecule has 0 saturated heterocycles. The SMILES string of the molecule is CCOC(=O)c1cc2c(OCc3ccccc3)cccc2o1. The second kappa shape index (κ2) is 6.35. The van der Waals surface area contributed by atoms with Gasteiger partial charge in [0.25, 0.3) is 0 Å². The lowest BCUT2D eigenvalue weighted by molar-refractivity contribution is 0.0492. The largest absolute Gasteiger partial charge is 0.488 e. The number of fused-ring (bicyclic) bond motifs is 1. The lowest BCUT2D eigenvalue weighted by atomic mass is 10.2. The molecule has 0 atom stereocenters. The van der Waals surface area contributed by atoms with E-state index >= 15 is 0 Å². The quantitative estimate of drug-likeness (QED) is 0.662. The second-order valence-electron chi connectivity index (χ2n) is 4.77. The number of rotatable bonds is 5. The lowest BCUT2D eigenvalue weighted by Gasteiger charge is -2.06. The van der Waals surface area contributed by atoms with Crippen molar-refractivity contribution in [3.8, 4) is 5.75 Å². The fourth-order valence-corrected chi connectivity index (χ4v) is 2.20. The molecule has 0 radical (unpaired) electrons. The first-order valence-electron chi connectivity index (χ1n) is 7.14. The van der Waals surface area contributed by atoms with Gasteiger partial charge < -0.3 is 13.9 Å². The Balaban J connectivity index is 1.85. The van der Waals surface area contributed by atoms with E-state index in [4.69, 9.17) is 13.9 Å². The standard InChI is InChI=1S/C18H16O4/c1-2-20-18(19)17-11-14-15(9-6-10-16(14)22-17)21-12-13-7-4-3-5-8-13/h3-11H,2,12H2,1H3. The van der Waals surface area contributed by atoms with Crippen molar-refractivity contribution in [1.82, 2.24) is 0 Å². The fourth-order valence-electron chi connectivity index (χ4n) is 2.20. The predicted molar refractivity (Wildman–Crippen MR) is 82.9 cm³/mol. The van der Waals surface area contributed by atoms with E-state index in [1.54, 1.807) is 19.1 Å². The maximum Gasteiger partial charge on any atom is 0.374 e. The van der Waals surface area contributed by atoms with E-state index in [9.17, 15) is 4.79 Å². The van der Waals surface area contributed by atoms with Crippen LogP contribution in [0, 0.1) is 0 Å². The molecule has 0 N–H and O–H groups in total. The first-order valence-corrected chi connectivity index (χ1v) is 7.14. The molecule has 0 amide bonds. The van der Waals surface area contributed by atoms with Crippen molar-refractivity contribution in [1.29, 1.82) is 0 Å². The molecule has 0 spiro atoms. The Morgan fingerprint density at radius 3 is 2.68 bits per heavy atom. The Hall–Kier alpha value is -2.75. The van der Waals surface area contributed by atoms with Crippen LogP contribution in [0.2, 0.25) is 0 Å². The number of ether oxygens (including phenoxy) is 2. The molecule has 2 aromatic carbocycles. The predicted octanol–water partition coefficient (Wildman–Crippen LogP) is 4.19. The van der Waals surface area contributed by atoms with Gasteiger partial charge in [0.1, 0.15) is 17.9 Å². The number of carbonyl (C=O) groups excluding carboxylic acids is 1. The van der Waals surface area contributed by atoms with Crippen molar-refractivity contribution in [2.75, 3.05) is 6.61 Å². The van der Waals surface area contributed by atoms with E-state index in [-0.39, 0.29) is 5.76 Å². The van der Waals surface area contributed by atoms with Gasteiger partial charge in [-0.25, -0.2) is 4.79 Å². The highest BCUT2D eigenvalue weighted by atomic mass is 16.5. The molecule has 1 heterocycles. The van der Waals surface area contributed by atoms with Gasteiger partial charge in [-0.3, -0.25) is 0 Å². The Labute approximate surface area is 128 Å².